The summed E-state index contributed by atoms with van der Waals surface area (Å²) in [6, 6.07) is 2.99. The molecule has 1 aromatic carbocycles. The number of rotatable bonds is 6. The molecule has 0 unspecified atom stereocenters. The van der Waals surface area contributed by atoms with Crippen LogP contribution in [0, 0.1) is 10.1 Å². The highest BCUT2D eigenvalue weighted by atomic mass is 17.2. The monoisotopic (exact) mass is 349 g/mol. The van der Waals surface area contributed by atoms with Crippen LogP contribution >= 0.6 is 0 Å². The Bertz CT molecular complexity index is 772. The highest BCUT2D eigenvalue weighted by molar-refractivity contribution is 6.14. The summed E-state index contributed by atoms with van der Waals surface area (Å²) in [5.41, 5.74) is -0.353. The molecule has 2 rings (SSSR count). The van der Waals surface area contributed by atoms with Crippen molar-refractivity contribution in [3.05, 3.63) is 39.6 Å². The molecule has 10 nitrogen and oxygen atoms in total. The van der Waals surface area contributed by atoms with Crippen LogP contribution in [0.1, 0.15) is 25.3 Å². The summed E-state index contributed by atoms with van der Waals surface area (Å²) >= 11 is 0. The standard InChI is InChI=1S/C15H15N3O7/c1-3-4-13(19)25-24-10-5-6-11(18(22)23)9(7-10)8-12-14(20)16-15(21)17(12)2/h5-8H,3-4H2,1-2H3,(H,16,20,21). The first-order valence-electron chi connectivity index (χ1n) is 7.30. The number of hydrogen-bond acceptors (Lipinski definition) is 7. The van der Waals surface area contributed by atoms with Crippen LogP contribution in [-0.2, 0) is 14.5 Å². The first-order chi connectivity index (χ1) is 11.8. The van der Waals surface area contributed by atoms with Crippen molar-refractivity contribution in [3.63, 3.8) is 0 Å². The molecule has 0 spiro atoms. The number of likely N-dealkylation sites (N-methyl/N-ethyl adjacent to an activating group) is 1. The molecule has 1 heterocycles. The molecule has 1 aliphatic rings. The fourth-order valence-electron chi connectivity index (χ4n) is 2.02. The Kier molecular flexibility index (Phi) is 5.32. The molecule has 1 saturated heterocycles. The third-order valence-electron chi connectivity index (χ3n) is 3.29. The van der Waals surface area contributed by atoms with Gasteiger partial charge >= 0.3 is 12.0 Å². The van der Waals surface area contributed by atoms with Crippen molar-refractivity contribution >= 4 is 29.7 Å². The molecule has 1 fully saturated rings. The number of carbonyl (C=O) groups is 3. The minimum Gasteiger partial charge on any atom is -0.292 e. The molecule has 0 radical (unpaired) electrons. The Morgan fingerprint density at radius 3 is 2.68 bits per heavy atom. The first kappa shape index (κ1) is 17.9. The van der Waals surface area contributed by atoms with E-state index in [0.29, 0.717) is 6.42 Å². The van der Waals surface area contributed by atoms with Gasteiger partial charge in [-0.3, -0.25) is 34.9 Å². The van der Waals surface area contributed by atoms with Gasteiger partial charge in [0, 0.05) is 19.5 Å². The molecular formula is C15H15N3O7. The highest BCUT2D eigenvalue weighted by Crippen LogP contribution is 2.28. The van der Waals surface area contributed by atoms with Crippen LogP contribution in [0.3, 0.4) is 0 Å². The lowest BCUT2D eigenvalue weighted by molar-refractivity contribution is -0.385. The zero-order chi connectivity index (χ0) is 18.6. The topological polar surface area (TPSA) is 128 Å². The zero-order valence-corrected chi connectivity index (χ0v) is 13.5. The summed E-state index contributed by atoms with van der Waals surface area (Å²) in [7, 11) is 1.35. The van der Waals surface area contributed by atoms with Crippen LogP contribution in [0.15, 0.2) is 23.9 Å². The van der Waals surface area contributed by atoms with Gasteiger partial charge in [-0.2, -0.15) is 0 Å². The van der Waals surface area contributed by atoms with E-state index in [1.807, 2.05) is 0 Å². The van der Waals surface area contributed by atoms with Crippen LogP contribution in [0.5, 0.6) is 5.75 Å². The maximum Gasteiger partial charge on any atom is 0.355 e. The van der Waals surface area contributed by atoms with Crippen molar-refractivity contribution in [2.24, 2.45) is 0 Å². The molecule has 3 amide bonds. The predicted molar refractivity (Wildman–Crippen MR) is 84.0 cm³/mol. The third-order valence-corrected chi connectivity index (χ3v) is 3.29. The van der Waals surface area contributed by atoms with E-state index in [9.17, 15) is 24.5 Å². The Hall–Kier alpha value is -3.43. The number of amides is 3. The van der Waals surface area contributed by atoms with E-state index < -0.39 is 22.8 Å². The van der Waals surface area contributed by atoms with E-state index in [2.05, 4.69) is 10.2 Å². The molecule has 132 valence electrons. The molecule has 10 heteroatoms. The summed E-state index contributed by atoms with van der Waals surface area (Å²) in [5.74, 6) is -1.22. The van der Waals surface area contributed by atoms with E-state index >= 15 is 0 Å². The third kappa shape index (κ3) is 4.10. The van der Waals surface area contributed by atoms with E-state index in [0.717, 1.165) is 11.0 Å². The van der Waals surface area contributed by atoms with Crippen LogP contribution in [0.4, 0.5) is 10.5 Å². The smallest absolute Gasteiger partial charge is 0.292 e. The van der Waals surface area contributed by atoms with E-state index in [1.165, 1.54) is 25.3 Å². The molecule has 1 aliphatic heterocycles. The average molecular weight is 349 g/mol. The number of nitrogens with one attached hydrogen (secondary N) is 1. The number of nitro benzene ring substituents is 1. The number of imide groups is 1. The molecule has 0 bridgehead atoms. The minimum atomic E-state index is -0.678. The lowest BCUT2D eigenvalue weighted by Gasteiger charge is -2.08. The fourth-order valence-corrected chi connectivity index (χ4v) is 2.02. The van der Waals surface area contributed by atoms with Gasteiger partial charge in [-0.05, 0) is 24.6 Å². The lowest BCUT2D eigenvalue weighted by atomic mass is 10.1. The molecule has 25 heavy (non-hydrogen) atoms. The van der Waals surface area contributed by atoms with Gasteiger partial charge in [0.25, 0.3) is 11.6 Å². The molecule has 0 aliphatic carbocycles. The summed E-state index contributed by atoms with van der Waals surface area (Å²) in [5, 5.41) is 13.2. The van der Waals surface area contributed by atoms with E-state index in [1.54, 1.807) is 6.92 Å². The second-order valence-electron chi connectivity index (χ2n) is 5.11. The van der Waals surface area contributed by atoms with Crippen LogP contribution in [-0.4, -0.2) is 34.8 Å². The Balaban J connectivity index is 2.33. The highest BCUT2D eigenvalue weighted by Gasteiger charge is 2.30. The van der Waals surface area contributed by atoms with Gasteiger partial charge in [0.05, 0.1) is 10.5 Å². The van der Waals surface area contributed by atoms with Gasteiger partial charge in [-0.15, -0.1) is 0 Å². The van der Waals surface area contributed by atoms with Crippen molar-refractivity contribution in [2.75, 3.05) is 7.05 Å². The molecule has 1 N–H and O–H groups in total. The Labute approximate surface area is 142 Å². The van der Waals surface area contributed by atoms with Crippen LogP contribution in [0.25, 0.3) is 6.08 Å². The molecular weight excluding hydrogens is 334 g/mol. The summed E-state index contributed by atoms with van der Waals surface area (Å²) < 4.78 is 0. The molecule has 0 aromatic heterocycles. The second kappa shape index (κ2) is 7.43. The average Bonchev–Trinajstić information content (AvgIpc) is 2.79. The SMILES string of the molecule is CCCC(=O)OOc1ccc([N+](=O)[O-])c(C=C2C(=O)NC(=O)N2C)c1. The summed E-state index contributed by atoms with van der Waals surface area (Å²) in [4.78, 5) is 55.5. The van der Waals surface area contributed by atoms with Gasteiger partial charge in [-0.1, -0.05) is 6.92 Å². The van der Waals surface area contributed by atoms with Gasteiger partial charge < -0.3 is 0 Å². The number of nitro groups is 1. The number of carbonyl (C=O) groups excluding carboxylic acids is 3. The van der Waals surface area contributed by atoms with Crippen LogP contribution in [0.2, 0.25) is 0 Å². The van der Waals surface area contributed by atoms with Crippen LogP contribution < -0.4 is 10.2 Å². The van der Waals surface area contributed by atoms with E-state index in [4.69, 9.17) is 4.89 Å². The molecule has 1 aromatic rings. The molecule has 0 atom stereocenters. The number of benzene rings is 1. The van der Waals surface area contributed by atoms with Gasteiger partial charge in [-0.25, -0.2) is 9.59 Å². The summed E-state index contributed by atoms with van der Waals surface area (Å²) in [6.45, 7) is 1.79. The summed E-state index contributed by atoms with van der Waals surface area (Å²) in [6.07, 6.45) is 1.92. The predicted octanol–water partition coefficient (Wildman–Crippen LogP) is 1.75. The fraction of sp³-hybridized carbons (Fsp3) is 0.267. The van der Waals surface area contributed by atoms with Gasteiger partial charge in [0.1, 0.15) is 5.70 Å². The second-order valence-corrected chi connectivity index (χ2v) is 5.11. The van der Waals surface area contributed by atoms with Crippen molar-refractivity contribution in [2.45, 2.75) is 19.8 Å². The van der Waals surface area contributed by atoms with Crippen molar-refractivity contribution < 1.29 is 29.1 Å². The maximum atomic E-state index is 11.7. The largest absolute Gasteiger partial charge is 0.355 e. The zero-order valence-electron chi connectivity index (χ0n) is 13.5. The van der Waals surface area contributed by atoms with Gasteiger partial charge in [0.2, 0.25) is 0 Å². The number of hydrogen-bond donors (Lipinski definition) is 1. The quantitative estimate of drug-likeness (QED) is 0.272. The van der Waals surface area contributed by atoms with Crippen molar-refractivity contribution in [1.29, 1.82) is 0 Å². The molecule has 0 saturated carbocycles. The van der Waals surface area contributed by atoms with Crippen molar-refractivity contribution in [3.8, 4) is 5.75 Å². The Morgan fingerprint density at radius 2 is 2.12 bits per heavy atom. The maximum absolute atomic E-state index is 11.7. The lowest BCUT2D eigenvalue weighted by Crippen LogP contribution is -2.24. The van der Waals surface area contributed by atoms with Crippen molar-refractivity contribution in [1.82, 2.24) is 10.2 Å². The number of urea groups is 1. The number of nitrogens with zero attached hydrogens (tertiary/aromatic N) is 2. The van der Waals surface area contributed by atoms with E-state index in [-0.39, 0.29) is 29.1 Å². The first-order valence-corrected chi connectivity index (χ1v) is 7.30. The van der Waals surface area contributed by atoms with Gasteiger partial charge in [0.15, 0.2) is 5.75 Å². The normalized spacial score (nSPS) is 15.3. The Morgan fingerprint density at radius 1 is 1.40 bits per heavy atom. The minimum absolute atomic E-state index is 0.0146.